The van der Waals surface area contributed by atoms with Crippen LogP contribution in [0, 0.1) is 11.3 Å². The van der Waals surface area contributed by atoms with Gasteiger partial charge in [-0.25, -0.2) is 0 Å². The smallest absolute Gasteiger partial charge is 0.232 e. The molecule has 7 heteroatoms. The molecule has 1 saturated heterocycles. The Balaban J connectivity index is 1.76. The molecule has 0 spiro atoms. The molecule has 0 saturated carbocycles. The molecule has 2 aromatic rings. The second-order valence-corrected chi connectivity index (χ2v) is 7.78. The highest BCUT2D eigenvalue weighted by molar-refractivity contribution is 5.77. The van der Waals surface area contributed by atoms with E-state index in [1.807, 2.05) is 32.9 Å². The number of rotatable bonds is 4. The van der Waals surface area contributed by atoms with Crippen LogP contribution in [0.4, 0.5) is 0 Å². The Bertz CT molecular complexity index is 723. The van der Waals surface area contributed by atoms with Crippen LogP contribution in [0.5, 0.6) is 0 Å². The Hall–Kier alpha value is -2.28. The second kappa shape index (κ2) is 6.92. The van der Waals surface area contributed by atoms with E-state index in [0.717, 1.165) is 5.56 Å². The van der Waals surface area contributed by atoms with E-state index in [4.69, 9.17) is 4.52 Å². The summed E-state index contributed by atoms with van der Waals surface area (Å²) in [6.07, 6.45) is 3.82. The van der Waals surface area contributed by atoms with Gasteiger partial charge in [-0.3, -0.25) is 9.78 Å². The minimum Gasteiger partial charge on any atom is -0.396 e. The average Bonchev–Trinajstić information content (AvgIpc) is 3.20. The average molecular weight is 344 g/mol. The number of carbonyl (C=O) groups is 1. The lowest BCUT2D eigenvalue weighted by atomic mass is 9.92. The van der Waals surface area contributed by atoms with Crippen LogP contribution >= 0.6 is 0 Å². The Morgan fingerprint density at radius 1 is 1.32 bits per heavy atom. The second-order valence-electron chi connectivity index (χ2n) is 7.78. The summed E-state index contributed by atoms with van der Waals surface area (Å²) >= 11 is 0. The molecule has 0 bridgehead atoms. The van der Waals surface area contributed by atoms with Gasteiger partial charge in [0.1, 0.15) is 0 Å². The van der Waals surface area contributed by atoms with Gasteiger partial charge in [0.25, 0.3) is 0 Å². The molecule has 3 rings (SSSR count). The molecule has 25 heavy (non-hydrogen) atoms. The van der Waals surface area contributed by atoms with Crippen LogP contribution in [-0.4, -0.2) is 50.7 Å². The molecule has 1 fully saturated rings. The molecule has 0 aromatic carbocycles. The molecule has 2 aromatic heterocycles. The number of carbonyl (C=O) groups excluding carboxylic acids is 1. The molecular formula is C18H24N4O3. The number of aliphatic hydroxyl groups is 1. The molecule has 2 atom stereocenters. The van der Waals surface area contributed by atoms with Gasteiger partial charge in [-0.05, 0) is 17.5 Å². The van der Waals surface area contributed by atoms with Crippen LogP contribution in [0.1, 0.15) is 39.0 Å². The summed E-state index contributed by atoms with van der Waals surface area (Å²) in [5.74, 6) is 0.833. The van der Waals surface area contributed by atoms with Crippen LogP contribution in [0.2, 0.25) is 0 Å². The third kappa shape index (κ3) is 4.04. The molecular weight excluding hydrogens is 320 g/mol. The lowest BCUT2D eigenvalue weighted by Crippen LogP contribution is -2.32. The number of hydrogen-bond donors (Lipinski definition) is 1. The molecule has 7 nitrogen and oxygen atoms in total. The zero-order valence-corrected chi connectivity index (χ0v) is 14.8. The highest BCUT2D eigenvalue weighted by Gasteiger charge is 2.39. The van der Waals surface area contributed by atoms with Crippen molar-refractivity contribution in [2.45, 2.75) is 33.1 Å². The lowest BCUT2D eigenvalue weighted by Gasteiger charge is -2.22. The summed E-state index contributed by atoms with van der Waals surface area (Å²) in [7, 11) is 0. The maximum Gasteiger partial charge on any atom is 0.232 e. The molecule has 3 heterocycles. The molecule has 1 aliphatic rings. The van der Waals surface area contributed by atoms with Crippen molar-refractivity contribution in [1.82, 2.24) is 20.0 Å². The first-order chi connectivity index (χ1) is 11.9. The van der Waals surface area contributed by atoms with Crippen molar-refractivity contribution in [2.75, 3.05) is 19.7 Å². The van der Waals surface area contributed by atoms with Crippen molar-refractivity contribution in [2.24, 2.45) is 11.3 Å². The number of pyridine rings is 1. The summed E-state index contributed by atoms with van der Waals surface area (Å²) in [6, 6.07) is 3.62. The monoisotopic (exact) mass is 344 g/mol. The van der Waals surface area contributed by atoms with E-state index in [1.54, 1.807) is 17.3 Å². The number of likely N-dealkylation sites (tertiary alicyclic amines) is 1. The molecule has 1 aliphatic heterocycles. The zero-order chi connectivity index (χ0) is 18.0. The predicted molar refractivity (Wildman–Crippen MR) is 91.5 cm³/mol. The van der Waals surface area contributed by atoms with Gasteiger partial charge in [-0.2, -0.15) is 4.98 Å². The van der Waals surface area contributed by atoms with E-state index in [2.05, 4.69) is 15.1 Å². The van der Waals surface area contributed by atoms with Crippen molar-refractivity contribution in [3.8, 4) is 11.4 Å². The lowest BCUT2D eigenvalue weighted by molar-refractivity contribution is -0.132. The van der Waals surface area contributed by atoms with Crippen molar-refractivity contribution < 1.29 is 14.4 Å². The quantitative estimate of drug-likeness (QED) is 0.913. The Labute approximate surface area is 147 Å². The molecule has 1 N–H and O–H groups in total. The number of hydrogen-bond acceptors (Lipinski definition) is 6. The fourth-order valence-corrected chi connectivity index (χ4v) is 3.11. The van der Waals surface area contributed by atoms with Crippen LogP contribution in [0.3, 0.4) is 0 Å². The van der Waals surface area contributed by atoms with E-state index < -0.39 is 0 Å². The maximum absolute atomic E-state index is 12.5. The Kier molecular flexibility index (Phi) is 4.85. The zero-order valence-electron chi connectivity index (χ0n) is 14.8. The minimum atomic E-state index is -0.142. The number of nitrogens with zero attached hydrogens (tertiary/aromatic N) is 4. The fraction of sp³-hybridized carbons (Fsp3) is 0.556. The van der Waals surface area contributed by atoms with Gasteiger partial charge in [0.05, 0.1) is 5.92 Å². The first-order valence-electron chi connectivity index (χ1n) is 8.50. The summed E-state index contributed by atoms with van der Waals surface area (Å²) < 4.78 is 5.43. The summed E-state index contributed by atoms with van der Waals surface area (Å²) in [4.78, 5) is 22.7. The molecule has 1 amide bonds. The van der Waals surface area contributed by atoms with Gasteiger partial charge in [0.15, 0.2) is 0 Å². The van der Waals surface area contributed by atoms with Crippen molar-refractivity contribution in [1.29, 1.82) is 0 Å². The fourth-order valence-electron chi connectivity index (χ4n) is 3.11. The van der Waals surface area contributed by atoms with Crippen LogP contribution in [0.25, 0.3) is 11.4 Å². The Morgan fingerprint density at radius 3 is 2.68 bits per heavy atom. The topological polar surface area (TPSA) is 92.4 Å². The summed E-state index contributed by atoms with van der Waals surface area (Å²) in [5, 5.41) is 13.7. The van der Waals surface area contributed by atoms with E-state index in [-0.39, 0.29) is 29.8 Å². The van der Waals surface area contributed by atoms with E-state index in [1.165, 1.54) is 0 Å². The first kappa shape index (κ1) is 17.5. The molecule has 0 unspecified atom stereocenters. The normalized spacial score (nSPS) is 20.9. The highest BCUT2D eigenvalue weighted by Crippen LogP contribution is 2.34. The van der Waals surface area contributed by atoms with Gasteiger partial charge in [0, 0.05) is 50.0 Å². The van der Waals surface area contributed by atoms with Crippen LogP contribution in [-0.2, 0) is 4.79 Å². The SMILES string of the molecule is CC(C)(C)CC(=O)N1C[C@@H](CO)[C@H](c2nc(-c3ccncc3)no2)C1. The number of aliphatic hydroxyl groups excluding tert-OH is 1. The highest BCUT2D eigenvalue weighted by atomic mass is 16.5. The van der Waals surface area contributed by atoms with Crippen molar-refractivity contribution in [3.63, 3.8) is 0 Å². The third-order valence-corrected chi connectivity index (χ3v) is 4.41. The standard InChI is InChI=1S/C18H24N4O3/c1-18(2,3)8-15(24)22-9-13(11-23)14(10-22)17-20-16(21-25-17)12-4-6-19-7-5-12/h4-7,13-14,23H,8-11H2,1-3H3/t13-,14+/m0/s1. The van der Waals surface area contributed by atoms with E-state index >= 15 is 0 Å². The molecule has 134 valence electrons. The van der Waals surface area contributed by atoms with Crippen molar-refractivity contribution in [3.05, 3.63) is 30.4 Å². The molecule has 0 aliphatic carbocycles. The van der Waals surface area contributed by atoms with Crippen molar-refractivity contribution >= 4 is 5.91 Å². The minimum absolute atomic E-state index is 0.0169. The van der Waals surface area contributed by atoms with Crippen LogP contribution in [0.15, 0.2) is 29.0 Å². The predicted octanol–water partition coefficient (Wildman–Crippen LogP) is 2.10. The number of amides is 1. The van der Waals surface area contributed by atoms with Gasteiger partial charge in [-0.15, -0.1) is 0 Å². The first-order valence-corrected chi connectivity index (χ1v) is 8.50. The summed E-state index contributed by atoms with van der Waals surface area (Å²) in [6.45, 7) is 7.13. The Morgan fingerprint density at radius 2 is 2.04 bits per heavy atom. The van der Waals surface area contributed by atoms with Crippen LogP contribution < -0.4 is 0 Å². The van der Waals surface area contributed by atoms with Gasteiger partial charge < -0.3 is 14.5 Å². The molecule has 0 radical (unpaired) electrons. The van der Waals surface area contributed by atoms with E-state index in [0.29, 0.717) is 31.2 Å². The van der Waals surface area contributed by atoms with E-state index in [9.17, 15) is 9.90 Å². The summed E-state index contributed by atoms with van der Waals surface area (Å²) in [5.41, 5.74) is 0.757. The maximum atomic E-state index is 12.5. The third-order valence-electron chi connectivity index (χ3n) is 4.41. The largest absolute Gasteiger partial charge is 0.396 e. The van der Waals surface area contributed by atoms with Gasteiger partial charge in [0.2, 0.25) is 17.6 Å². The number of aromatic nitrogens is 3. The van der Waals surface area contributed by atoms with Gasteiger partial charge in [-0.1, -0.05) is 25.9 Å². The van der Waals surface area contributed by atoms with Gasteiger partial charge >= 0.3 is 0 Å².